The van der Waals surface area contributed by atoms with E-state index in [1.807, 2.05) is 0 Å². The summed E-state index contributed by atoms with van der Waals surface area (Å²) in [5.41, 5.74) is 1.10. The van der Waals surface area contributed by atoms with Crippen molar-refractivity contribution in [1.82, 2.24) is 5.32 Å². The Kier molecular flexibility index (Phi) is 4.66. The van der Waals surface area contributed by atoms with Gasteiger partial charge in [0.1, 0.15) is 0 Å². The summed E-state index contributed by atoms with van der Waals surface area (Å²) in [5, 5.41) is 13.8. The summed E-state index contributed by atoms with van der Waals surface area (Å²) in [4.78, 5) is 22.2. The number of nitrogens with one attached hydrogen (secondary N) is 1. The lowest BCUT2D eigenvalue weighted by molar-refractivity contribution is -0.384. The maximum atomic E-state index is 12.0. The zero-order chi connectivity index (χ0) is 15.5. The third-order valence-electron chi connectivity index (χ3n) is 4.73. The van der Waals surface area contributed by atoms with Gasteiger partial charge in [-0.25, -0.2) is 0 Å². The number of hydrogen-bond acceptors (Lipinski definition) is 4. The molecule has 1 aromatic rings. The van der Waals surface area contributed by atoms with Crippen molar-refractivity contribution < 1.29 is 9.72 Å². The quantitative estimate of drug-likeness (QED) is 0.645. The summed E-state index contributed by atoms with van der Waals surface area (Å²) in [5.74, 6) is 2.80. The summed E-state index contributed by atoms with van der Waals surface area (Å²) in [7, 11) is 0. The molecule has 2 bridgehead atoms. The van der Waals surface area contributed by atoms with Crippen LogP contribution in [0.5, 0.6) is 0 Å². The van der Waals surface area contributed by atoms with E-state index >= 15 is 0 Å². The van der Waals surface area contributed by atoms with Gasteiger partial charge in [-0.2, -0.15) is 0 Å². The van der Waals surface area contributed by atoms with Crippen molar-refractivity contribution in [1.29, 1.82) is 0 Å². The van der Waals surface area contributed by atoms with Crippen LogP contribution in [0.3, 0.4) is 0 Å². The smallest absolute Gasteiger partial charge is 0.269 e. The highest BCUT2D eigenvalue weighted by Crippen LogP contribution is 2.44. The van der Waals surface area contributed by atoms with Crippen molar-refractivity contribution >= 4 is 23.4 Å². The predicted molar refractivity (Wildman–Crippen MR) is 86.6 cm³/mol. The van der Waals surface area contributed by atoms with Crippen LogP contribution in [0, 0.1) is 22.0 Å². The van der Waals surface area contributed by atoms with E-state index in [4.69, 9.17) is 0 Å². The number of thioether (sulfide) groups is 1. The molecule has 3 atom stereocenters. The fourth-order valence-electron chi connectivity index (χ4n) is 3.65. The van der Waals surface area contributed by atoms with E-state index in [0.717, 1.165) is 17.9 Å². The van der Waals surface area contributed by atoms with E-state index in [9.17, 15) is 14.9 Å². The molecule has 22 heavy (non-hydrogen) atoms. The van der Waals surface area contributed by atoms with Crippen molar-refractivity contribution in [2.45, 2.75) is 37.5 Å². The first kappa shape index (κ1) is 15.3. The van der Waals surface area contributed by atoms with Gasteiger partial charge in [-0.05, 0) is 36.7 Å². The molecule has 2 aliphatic carbocycles. The number of non-ortho nitro benzene ring substituents is 1. The second kappa shape index (κ2) is 6.69. The van der Waals surface area contributed by atoms with Crippen LogP contribution in [0.15, 0.2) is 24.3 Å². The summed E-state index contributed by atoms with van der Waals surface area (Å²) >= 11 is 1.55. The van der Waals surface area contributed by atoms with Crippen LogP contribution >= 0.6 is 11.8 Å². The van der Waals surface area contributed by atoms with E-state index in [2.05, 4.69) is 5.32 Å². The molecule has 0 saturated heterocycles. The molecule has 118 valence electrons. The second-order valence-electron chi connectivity index (χ2n) is 6.27. The molecule has 0 spiro atoms. The standard InChI is InChI=1S/C16H20N2O3S/c19-16(17-15-8-12-1-4-13(15)7-12)10-22-9-11-2-5-14(6-3-11)18(20)21/h2-3,5-6,12-13,15H,1,4,7-10H2,(H,17,19)/t12-,13+,15-/m0/s1. The minimum Gasteiger partial charge on any atom is -0.352 e. The number of nitro benzene ring substituents is 1. The summed E-state index contributed by atoms with van der Waals surface area (Å²) in [6.07, 6.45) is 5.06. The van der Waals surface area contributed by atoms with Gasteiger partial charge in [0.15, 0.2) is 0 Å². The largest absolute Gasteiger partial charge is 0.352 e. The monoisotopic (exact) mass is 320 g/mol. The van der Waals surface area contributed by atoms with Gasteiger partial charge in [-0.1, -0.05) is 18.6 Å². The number of rotatable bonds is 6. The second-order valence-corrected chi connectivity index (χ2v) is 7.25. The Bertz CT molecular complexity index is 561. The number of amides is 1. The van der Waals surface area contributed by atoms with E-state index in [-0.39, 0.29) is 11.6 Å². The highest BCUT2D eigenvalue weighted by Gasteiger charge is 2.39. The average molecular weight is 320 g/mol. The van der Waals surface area contributed by atoms with Crippen molar-refractivity contribution in [2.75, 3.05) is 5.75 Å². The van der Waals surface area contributed by atoms with Crippen LogP contribution in [0.4, 0.5) is 5.69 Å². The van der Waals surface area contributed by atoms with Crippen LogP contribution in [-0.2, 0) is 10.5 Å². The Morgan fingerprint density at radius 1 is 1.27 bits per heavy atom. The lowest BCUT2D eigenvalue weighted by Gasteiger charge is -2.22. The average Bonchev–Trinajstić information content (AvgIpc) is 3.10. The van der Waals surface area contributed by atoms with Gasteiger partial charge in [0.2, 0.25) is 5.91 Å². The number of nitrogens with zero attached hydrogens (tertiary/aromatic N) is 1. The molecule has 5 nitrogen and oxygen atoms in total. The number of fused-ring (bicyclic) bond motifs is 2. The molecule has 1 N–H and O–H groups in total. The van der Waals surface area contributed by atoms with Crippen molar-refractivity contribution in [2.24, 2.45) is 11.8 Å². The van der Waals surface area contributed by atoms with Crippen LogP contribution in [0.1, 0.15) is 31.2 Å². The van der Waals surface area contributed by atoms with Crippen molar-refractivity contribution in [3.05, 3.63) is 39.9 Å². The van der Waals surface area contributed by atoms with Crippen LogP contribution < -0.4 is 5.32 Å². The van der Waals surface area contributed by atoms with Gasteiger partial charge in [0.25, 0.3) is 5.69 Å². The fourth-order valence-corrected chi connectivity index (χ4v) is 4.44. The third kappa shape index (κ3) is 3.61. The first-order valence-electron chi connectivity index (χ1n) is 7.72. The molecular weight excluding hydrogens is 300 g/mol. The van der Waals surface area contributed by atoms with E-state index in [0.29, 0.717) is 23.5 Å². The van der Waals surface area contributed by atoms with Crippen LogP contribution in [0.2, 0.25) is 0 Å². The van der Waals surface area contributed by atoms with Gasteiger partial charge >= 0.3 is 0 Å². The molecule has 2 saturated carbocycles. The minimum absolute atomic E-state index is 0.0998. The topological polar surface area (TPSA) is 72.2 Å². The molecule has 3 rings (SSSR count). The van der Waals surface area contributed by atoms with Gasteiger partial charge < -0.3 is 5.32 Å². The number of nitro groups is 1. The van der Waals surface area contributed by atoms with Crippen LogP contribution in [-0.4, -0.2) is 22.6 Å². The third-order valence-corrected chi connectivity index (χ3v) is 5.74. The molecule has 2 fully saturated rings. The van der Waals surface area contributed by atoms with E-state index < -0.39 is 4.92 Å². The lowest BCUT2D eigenvalue weighted by Crippen LogP contribution is -2.39. The lowest BCUT2D eigenvalue weighted by atomic mass is 9.95. The molecule has 2 aliphatic rings. The molecule has 1 amide bonds. The number of hydrogen-bond donors (Lipinski definition) is 1. The molecular formula is C16H20N2O3S. The zero-order valence-corrected chi connectivity index (χ0v) is 13.2. The van der Waals surface area contributed by atoms with Crippen molar-refractivity contribution in [3.63, 3.8) is 0 Å². The molecule has 0 aromatic heterocycles. The molecule has 1 aromatic carbocycles. The van der Waals surface area contributed by atoms with Gasteiger partial charge in [-0.15, -0.1) is 11.8 Å². The molecule has 0 radical (unpaired) electrons. The Morgan fingerprint density at radius 2 is 2.05 bits per heavy atom. The number of benzene rings is 1. The summed E-state index contributed by atoms with van der Waals surface area (Å²) in [6, 6.07) is 6.90. The highest BCUT2D eigenvalue weighted by molar-refractivity contribution is 7.99. The zero-order valence-electron chi connectivity index (χ0n) is 12.4. The number of carbonyl (C=O) groups excluding carboxylic acids is 1. The Balaban J connectivity index is 1.39. The van der Waals surface area contributed by atoms with Crippen molar-refractivity contribution in [3.8, 4) is 0 Å². The minimum atomic E-state index is -0.403. The van der Waals surface area contributed by atoms with Gasteiger partial charge in [0, 0.05) is 23.9 Å². The fraction of sp³-hybridized carbons (Fsp3) is 0.562. The van der Waals surface area contributed by atoms with Crippen LogP contribution in [0.25, 0.3) is 0 Å². The Labute approximate surface area is 134 Å². The normalized spacial score (nSPS) is 26.1. The molecule has 0 unspecified atom stereocenters. The van der Waals surface area contributed by atoms with E-state index in [1.165, 1.54) is 31.4 Å². The Morgan fingerprint density at radius 3 is 2.64 bits per heavy atom. The maximum absolute atomic E-state index is 12.0. The predicted octanol–water partition coefficient (Wildman–Crippen LogP) is 3.13. The van der Waals surface area contributed by atoms with E-state index in [1.54, 1.807) is 23.9 Å². The molecule has 6 heteroatoms. The first-order chi connectivity index (χ1) is 10.6. The first-order valence-corrected chi connectivity index (χ1v) is 8.87. The van der Waals surface area contributed by atoms with Gasteiger partial charge in [-0.3, -0.25) is 14.9 Å². The SMILES string of the molecule is O=C(CSCc1ccc([N+](=O)[O-])cc1)N[C@H]1C[C@H]2CC[C@@H]1C2. The highest BCUT2D eigenvalue weighted by atomic mass is 32.2. The Hall–Kier alpha value is -1.56. The maximum Gasteiger partial charge on any atom is 0.269 e. The summed E-state index contributed by atoms with van der Waals surface area (Å²) in [6.45, 7) is 0. The number of carbonyl (C=O) groups is 1. The van der Waals surface area contributed by atoms with Gasteiger partial charge in [0.05, 0.1) is 10.7 Å². The summed E-state index contributed by atoms with van der Waals surface area (Å²) < 4.78 is 0. The molecule has 0 aliphatic heterocycles. The molecule has 0 heterocycles.